The number of amides is 1. The molecule has 0 bridgehead atoms. The summed E-state index contributed by atoms with van der Waals surface area (Å²) in [5.41, 5.74) is 4.77. The van der Waals surface area contributed by atoms with Crippen molar-refractivity contribution >= 4 is 27.1 Å². The molecule has 224 valence electrons. The van der Waals surface area contributed by atoms with E-state index in [-0.39, 0.29) is 31.2 Å². The molecule has 12 nitrogen and oxygen atoms in total. The van der Waals surface area contributed by atoms with Crippen molar-refractivity contribution in [3.63, 3.8) is 0 Å². The smallest absolute Gasteiger partial charge is 0.246 e. The normalized spacial score (nSPS) is 16.7. The average Bonchev–Trinajstić information content (AvgIpc) is 3.70. The predicted octanol–water partition coefficient (Wildman–Crippen LogP) is 2.85. The van der Waals surface area contributed by atoms with Gasteiger partial charge in [0.25, 0.3) is 0 Å². The highest BCUT2D eigenvalue weighted by atomic mass is 32.2. The lowest BCUT2D eigenvalue weighted by Gasteiger charge is -2.47. The van der Waals surface area contributed by atoms with Gasteiger partial charge >= 0.3 is 0 Å². The Labute approximate surface area is 255 Å². The first-order valence-corrected chi connectivity index (χ1v) is 15.9. The Morgan fingerprint density at radius 1 is 1.02 bits per heavy atom. The van der Waals surface area contributed by atoms with Crippen molar-refractivity contribution in [3.8, 4) is 34.4 Å². The average molecular weight is 610 g/mol. The highest BCUT2D eigenvalue weighted by Gasteiger charge is 2.49. The number of carbonyl (C=O) groups is 1. The van der Waals surface area contributed by atoms with Gasteiger partial charge in [-0.1, -0.05) is 18.7 Å². The molecule has 2 fully saturated rings. The van der Waals surface area contributed by atoms with Crippen LogP contribution in [0.5, 0.6) is 0 Å². The Balaban J connectivity index is 1.31. The van der Waals surface area contributed by atoms with Crippen molar-refractivity contribution in [3.05, 3.63) is 73.3 Å². The SMILES string of the molecule is C=CC(=O)N1CCN(c2ccc(-c3cc(-c4cnn(C5(CC#N)CN(S(=O)(=O)CC)C5)c4)cn4ncc(C#N)c34)cc2)CC1. The van der Waals surface area contributed by atoms with E-state index in [0.29, 0.717) is 24.2 Å². The van der Waals surface area contributed by atoms with Gasteiger partial charge in [0.05, 0.1) is 41.7 Å². The van der Waals surface area contributed by atoms with Gasteiger partial charge in [-0.3, -0.25) is 9.48 Å². The maximum Gasteiger partial charge on any atom is 0.246 e. The molecule has 1 aromatic carbocycles. The van der Waals surface area contributed by atoms with Crippen LogP contribution in [0.1, 0.15) is 18.9 Å². The van der Waals surface area contributed by atoms with Gasteiger partial charge in [-0.15, -0.1) is 0 Å². The van der Waals surface area contributed by atoms with Crippen LogP contribution >= 0.6 is 0 Å². The lowest BCUT2D eigenvalue weighted by Crippen LogP contribution is -2.64. The molecule has 2 aliphatic rings. The van der Waals surface area contributed by atoms with Gasteiger partial charge in [-0.2, -0.15) is 25.0 Å². The van der Waals surface area contributed by atoms with Gasteiger partial charge in [-0.05, 0) is 36.8 Å². The molecule has 2 saturated heterocycles. The molecule has 2 aliphatic heterocycles. The number of sulfonamides is 1. The van der Waals surface area contributed by atoms with E-state index in [9.17, 15) is 23.7 Å². The molecule has 0 spiro atoms. The number of hydrogen-bond donors (Lipinski definition) is 0. The number of anilines is 1. The maximum absolute atomic E-state index is 12.4. The molecule has 0 aliphatic carbocycles. The molecule has 4 aromatic rings. The minimum absolute atomic E-state index is 0.00565. The fraction of sp³-hybridized carbons (Fsp3) is 0.323. The minimum atomic E-state index is -3.36. The zero-order valence-electron chi connectivity index (χ0n) is 24.3. The highest BCUT2D eigenvalue weighted by Crippen LogP contribution is 2.37. The van der Waals surface area contributed by atoms with Crippen LogP contribution in [0.15, 0.2) is 67.8 Å². The minimum Gasteiger partial charge on any atom is -0.368 e. The number of fused-ring (bicyclic) bond motifs is 1. The Morgan fingerprint density at radius 2 is 1.75 bits per heavy atom. The first kappa shape index (κ1) is 29.1. The molecule has 6 rings (SSSR count). The summed E-state index contributed by atoms with van der Waals surface area (Å²) in [6.07, 6.45) is 8.41. The number of aromatic nitrogens is 4. The van der Waals surface area contributed by atoms with E-state index in [0.717, 1.165) is 41.0 Å². The maximum atomic E-state index is 12.4. The molecular weight excluding hydrogens is 578 g/mol. The largest absolute Gasteiger partial charge is 0.368 e. The lowest BCUT2D eigenvalue weighted by molar-refractivity contribution is -0.126. The van der Waals surface area contributed by atoms with Crippen LogP contribution in [-0.2, 0) is 20.4 Å². The number of piperazine rings is 1. The fourth-order valence-corrected chi connectivity index (χ4v) is 7.19. The van der Waals surface area contributed by atoms with Crippen molar-refractivity contribution in [1.82, 2.24) is 28.6 Å². The third kappa shape index (κ3) is 5.00. The van der Waals surface area contributed by atoms with Crippen LogP contribution in [-0.4, -0.2) is 87.9 Å². The number of nitriles is 2. The summed E-state index contributed by atoms with van der Waals surface area (Å²) in [5, 5.41) is 28.4. The summed E-state index contributed by atoms with van der Waals surface area (Å²) in [6, 6.07) is 14.6. The van der Waals surface area contributed by atoms with E-state index in [1.165, 1.54) is 10.4 Å². The third-order valence-corrected chi connectivity index (χ3v) is 10.3. The second-order valence-electron chi connectivity index (χ2n) is 11.1. The summed E-state index contributed by atoms with van der Waals surface area (Å²) in [7, 11) is -3.36. The molecule has 0 saturated carbocycles. The van der Waals surface area contributed by atoms with E-state index >= 15 is 0 Å². The van der Waals surface area contributed by atoms with Gasteiger partial charge in [0.15, 0.2) is 0 Å². The summed E-state index contributed by atoms with van der Waals surface area (Å²) < 4.78 is 29.5. The zero-order valence-corrected chi connectivity index (χ0v) is 25.1. The number of nitrogens with zero attached hydrogens (tertiary/aromatic N) is 9. The quantitative estimate of drug-likeness (QED) is 0.278. The van der Waals surface area contributed by atoms with Crippen molar-refractivity contribution in [2.75, 3.05) is 49.9 Å². The molecule has 0 N–H and O–H groups in total. The molecule has 0 radical (unpaired) electrons. The van der Waals surface area contributed by atoms with Crippen LogP contribution in [0.25, 0.3) is 27.8 Å². The highest BCUT2D eigenvalue weighted by molar-refractivity contribution is 7.89. The zero-order chi connectivity index (χ0) is 31.1. The van der Waals surface area contributed by atoms with E-state index in [4.69, 9.17) is 0 Å². The van der Waals surface area contributed by atoms with Gasteiger partial charge in [0, 0.05) is 74.0 Å². The number of rotatable bonds is 8. The van der Waals surface area contributed by atoms with E-state index in [1.54, 1.807) is 33.4 Å². The van der Waals surface area contributed by atoms with Gasteiger partial charge in [-0.25, -0.2) is 12.9 Å². The molecule has 5 heterocycles. The number of pyridine rings is 1. The summed E-state index contributed by atoms with van der Waals surface area (Å²) in [6.45, 7) is 8.28. The van der Waals surface area contributed by atoms with E-state index < -0.39 is 15.6 Å². The van der Waals surface area contributed by atoms with Crippen molar-refractivity contribution in [2.45, 2.75) is 18.9 Å². The number of hydrogen-bond acceptors (Lipinski definition) is 8. The van der Waals surface area contributed by atoms with Crippen molar-refractivity contribution < 1.29 is 13.2 Å². The predicted molar refractivity (Wildman–Crippen MR) is 165 cm³/mol. The second-order valence-corrected chi connectivity index (χ2v) is 13.3. The summed E-state index contributed by atoms with van der Waals surface area (Å²) in [5.74, 6) is -0.0472. The summed E-state index contributed by atoms with van der Waals surface area (Å²) >= 11 is 0. The van der Waals surface area contributed by atoms with Crippen LogP contribution in [0.3, 0.4) is 0 Å². The summed E-state index contributed by atoms with van der Waals surface area (Å²) in [4.78, 5) is 16.0. The second kappa shape index (κ2) is 11.3. The molecule has 3 aromatic heterocycles. The lowest BCUT2D eigenvalue weighted by atomic mass is 9.89. The molecular formula is C31H31N9O3S. The Bertz CT molecular complexity index is 1930. The van der Waals surface area contributed by atoms with E-state index in [2.05, 4.69) is 33.8 Å². The first-order chi connectivity index (χ1) is 21.2. The molecule has 1 amide bonds. The Hall–Kier alpha value is -4.98. The van der Waals surface area contributed by atoms with Gasteiger partial charge in [0.1, 0.15) is 11.6 Å². The van der Waals surface area contributed by atoms with E-state index in [1.807, 2.05) is 42.7 Å². The Morgan fingerprint density at radius 3 is 2.39 bits per heavy atom. The van der Waals surface area contributed by atoms with Crippen LogP contribution in [0.4, 0.5) is 5.69 Å². The topological polar surface area (TPSA) is 144 Å². The first-order valence-electron chi connectivity index (χ1n) is 14.3. The molecule has 0 atom stereocenters. The monoisotopic (exact) mass is 609 g/mol. The van der Waals surface area contributed by atoms with Crippen molar-refractivity contribution in [1.29, 1.82) is 10.5 Å². The van der Waals surface area contributed by atoms with Crippen LogP contribution in [0.2, 0.25) is 0 Å². The van der Waals surface area contributed by atoms with Gasteiger partial charge in [0.2, 0.25) is 15.9 Å². The molecule has 13 heteroatoms. The van der Waals surface area contributed by atoms with Crippen LogP contribution in [0, 0.1) is 22.7 Å². The van der Waals surface area contributed by atoms with Crippen LogP contribution < -0.4 is 4.90 Å². The third-order valence-electron chi connectivity index (χ3n) is 8.55. The molecule has 0 unspecified atom stereocenters. The van der Waals surface area contributed by atoms with Gasteiger partial charge < -0.3 is 9.80 Å². The number of carbonyl (C=O) groups excluding carboxylic acids is 1. The standard InChI is InChI=1S/C31H31N9O3S/c1-3-29(41)37-13-11-36(12-14-37)27-7-5-23(6-8-27)28-15-24(19-39-30(28)25(16-33)17-34-39)26-18-35-40(20-26)31(9-10-32)21-38(22-31)44(42,43)4-2/h3,5-8,15,17-20H,1,4,9,11-14,21-22H2,2H3. The molecule has 44 heavy (non-hydrogen) atoms. The number of benzene rings is 1. The van der Waals surface area contributed by atoms with Crippen molar-refractivity contribution in [2.24, 2.45) is 0 Å². The Kier molecular flexibility index (Phi) is 7.45. The fourth-order valence-electron chi connectivity index (χ4n) is 5.95.